The van der Waals surface area contributed by atoms with Crippen LogP contribution in [0, 0.1) is 0 Å². The maximum absolute atomic E-state index is 12.0. The first-order chi connectivity index (χ1) is 9.63. The second kappa shape index (κ2) is 4.86. The van der Waals surface area contributed by atoms with Gasteiger partial charge in [-0.2, -0.15) is 5.10 Å². The Morgan fingerprint density at radius 1 is 1.25 bits per heavy atom. The molecule has 0 aliphatic carbocycles. The summed E-state index contributed by atoms with van der Waals surface area (Å²) in [6, 6.07) is 10.3. The lowest BCUT2D eigenvalue weighted by molar-refractivity contribution is 0.102. The summed E-state index contributed by atoms with van der Waals surface area (Å²) in [5.41, 5.74) is 0.745. The number of thiazole rings is 1. The topological polar surface area (TPSA) is 76.9 Å². The van der Waals surface area contributed by atoms with Gasteiger partial charge in [-0.1, -0.05) is 23.5 Å². The quantitative estimate of drug-likeness (QED) is 0.777. The van der Waals surface area contributed by atoms with Gasteiger partial charge in [0.2, 0.25) is 0 Å². The highest BCUT2D eigenvalue weighted by Gasteiger charge is 2.11. The number of carbonyl (C=O) groups is 1. The van der Waals surface area contributed by atoms with Crippen molar-refractivity contribution in [1.82, 2.24) is 14.8 Å². The Morgan fingerprint density at radius 2 is 2.05 bits per heavy atom. The number of nitrogens with zero attached hydrogens (tertiary/aromatic N) is 3. The van der Waals surface area contributed by atoms with Gasteiger partial charge in [0.05, 0.1) is 10.2 Å². The molecule has 7 heteroatoms. The first kappa shape index (κ1) is 12.5. The number of carbonyl (C=O) groups excluding carboxylic acids is 1. The van der Waals surface area contributed by atoms with Crippen LogP contribution >= 0.6 is 11.3 Å². The zero-order valence-electron chi connectivity index (χ0n) is 10.5. The minimum Gasteiger partial charge on any atom is -0.296 e. The van der Waals surface area contributed by atoms with Gasteiger partial charge in [0.1, 0.15) is 5.69 Å². The molecular weight excluding hydrogens is 276 g/mol. The van der Waals surface area contributed by atoms with E-state index in [9.17, 15) is 9.59 Å². The van der Waals surface area contributed by atoms with E-state index in [1.165, 1.54) is 30.5 Å². The lowest BCUT2D eigenvalue weighted by Crippen LogP contribution is -2.23. The Labute approximate surface area is 117 Å². The molecule has 100 valence electrons. The van der Waals surface area contributed by atoms with E-state index < -0.39 is 0 Å². The van der Waals surface area contributed by atoms with Crippen molar-refractivity contribution in [2.75, 3.05) is 5.32 Å². The van der Waals surface area contributed by atoms with Gasteiger partial charge in [-0.3, -0.25) is 14.9 Å². The molecular formula is C13H10N4O2S. The van der Waals surface area contributed by atoms with Crippen LogP contribution in [0.15, 0.2) is 41.2 Å². The summed E-state index contributed by atoms with van der Waals surface area (Å²) in [6.45, 7) is 0. The summed E-state index contributed by atoms with van der Waals surface area (Å²) >= 11 is 1.39. The van der Waals surface area contributed by atoms with Crippen LogP contribution in [0.1, 0.15) is 10.5 Å². The standard InChI is InChI=1S/C13H10N4O2S/c1-17-11(18)7-6-9(16-17)12(19)15-13-14-8-4-2-3-5-10(8)20-13/h2-7H,1H3,(H,14,15,19). The molecule has 3 aromatic rings. The van der Waals surface area contributed by atoms with Crippen molar-refractivity contribution in [2.24, 2.45) is 7.05 Å². The fraction of sp³-hybridized carbons (Fsp3) is 0.0769. The number of anilines is 1. The van der Waals surface area contributed by atoms with Gasteiger partial charge in [0, 0.05) is 13.1 Å². The molecule has 0 unspecified atom stereocenters. The van der Waals surface area contributed by atoms with Gasteiger partial charge >= 0.3 is 0 Å². The van der Waals surface area contributed by atoms with Gasteiger partial charge in [-0.25, -0.2) is 9.67 Å². The zero-order chi connectivity index (χ0) is 14.1. The van der Waals surface area contributed by atoms with Crippen LogP contribution in [-0.4, -0.2) is 20.7 Å². The third kappa shape index (κ3) is 2.30. The Kier molecular flexibility index (Phi) is 3.03. The summed E-state index contributed by atoms with van der Waals surface area (Å²) in [5.74, 6) is -0.389. The molecule has 1 N–H and O–H groups in total. The minimum atomic E-state index is -0.389. The van der Waals surface area contributed by atoms with Crippen molar-refractivity contribution in [2.45, 2.75) is 0 Å². The van der Waals surface area contributed by atoms with Gasteiger partial charge in [0.25, 0.3) is 11.5 Å². The fourth-order valence-electron chi connectivity index (χ4n) is 1.71. The molecule has 1 aromatic carbocycles. The summed E-state index contributed by atoms with van der Waals surface area (Å²) in [6.07, 6.45) is 0. The van der Waals surface area contributed by atoms with Crippen LogP contribution in [0.25, 0.3) is 10.2 Å². The lowest BCUT2D eigenvalue weighted by atomic mass is 10.3. The Morgan fingerprint density at radius 3 is 2.80 bits per heavy atom. The molecule has 0 aliphatic heterocycles. The third-order valence-electron chi connectivity index (χ3n) is 2.71. The molecule has 1 amide bonds. The van der Waals surface area contributed by atoms with Gasteiger partial charge < -0.3 is 0 Å². The normalized spacial score (nSPS) is 10.7. The first-order valence-corrected chi connectivity index (χ1v) is 6.66. The number of nitrogens with one attached hydrogen (secondary N) is 1. The lowest BCUT2D eigenvalue weighted by Gasteiger charge is -2.01. The number of para-hydroxylation sites is 1. The highest BCUT2D eigenvalue weighted by molar-refractivity contribution is 7.22. The van der Waals surface area contributed by atoms with Crippen molar-refractivity contribution in [3.05, 3.63) is 52.4 Å². The monoisotopic (exact) mass is 286 g/mol. The minimum absolute atomic E-state index is 0.173. The second-order valence-corrected chi connectivity index (χ2v) is 5.15. The van der Waals surface area contributed by atoms with Gasteiger partial charge in [-0.15, -0.1) is 0 Å². The smallest absolute Gasteiger partial charge is 0.277 e. The third-order valence-corrected chi connectivity index (χ3v) is 3.66. The van der Waals surface area contributed by atoms with E-state index >= 15 is 0 Å². The highest BCUT2D eigenvalue weighted by atomic mass is 32.1. The molecule has 3 rings (SSSR count). The molecule has 0 bridgehead atoms. The highest BCUT2D eigenvalue weighted by Crippen LogP contribution is 2.25. The number of aromatic nitrogens is 3. The largest absolute Gasteiger partial charge is 0.296 e. The maximum atomic E-state index is 12.0. The van der Waals surface area contributed by atoms with E-state index in [2.05, 4.69) is 15.4 Å². The Balaban J connectivity index is 1.88. The summed E-state index contributed by atoms with van der Waals surface area (Å²) in [5, 5.41) is 7.08. The van der Waals surface area contributed by atoms with E-state index in [0.29, 0.717) is 5.13 Å². The molecule has 0 radical (unpaired) electrons. The van der Waals surface area contributed by atoms with Crippen LogP contribution in [0.2, 0.25) is 0 Å². The average molecular weight is 286 g/mol. The molecule has 0 atom stereocenters. The van der Waals surface area contributed by atoms with Gasteiger partial charge in [-0.05, 0) is 18.2 Å². The van der Waals surface area contributed by atoms with Crippen molar-refractivity contribution in [3.63, 3.8) is 0 Å². The summed E-state index contributed by atoms with van der Waals surface area (Å²) in [4.78, 5) is 27.6. The van der Waals surface area contributed by atoms with E-state index in [4.69, 9.17) is 0 Å². The summed E-state index contributed by atoms with van der Waals surface area (Å²) < 4.78 is 2.11. The van der Waals surface area contributed by atoms with Gasteiger partial charge in [0.15, 0.2) is 5.13 Å². The fourth-order valence-corrected chi connectivity index (χ4v) is 2.57. The number of hydrogen-bond acceptors (Lipinski definition) is 5. The van der Waals surface area contributed by atoms with Crippen LogP contribution in [0.4, 0.5) is 5.13 Å². The Bertz CT molecular complexity index is 820. The van der Waals surface area contributed by atoms with E-state index in [-0.39, 0.29) is 17.2 Å². The number of hydrogen-bond donors (Lipinski definition) is 1. The predicted molar refractivity (Wildman–Crippen MR) is 77.1 cm³/mol. The van der Waals surface area contributed by atoms with Crippen molar-refractivity contribution in [1.29, 1.82) is 0 Å². The van der Waals surface area contributed by atoms with Crippen LogP contribution in [0.5, 0.6) is 0 Å². The molecule has 2 heterocycles. The van der Waals surface area contributed by atoms with E-state index in [1.807, 2.05) is 24.3 Å². The molecule has 0 fully saturated rings. The maximum Gasteiger partial charge on any atom is 0.277 e. The molecule has 2 aromatic heterocycles. The molecule has 20 heavy (non-hydrogen) atoms. The molecule has 0 spiro atoms. The number of fused-ring (bicyclic) bond motifs is 1. The molecule has 6 nitrogen and oxygen atoms in total. The van der Waals surface area contributed by atoms with E-state index in [1.54, 1.807) is 0 Å². The number of amides is 1. The van der Waals surface area contributed by atoms with Crippen molar-refractivity contribution >= 4 is 32.6 Å². The second-order valence-electron chi connectivity index (χ2n) is 4.12. The van der Waals surface area contributed by atoms with Crippen molar-refractivity contribution in [3.8, 4) is 0 Å². The number of aryl methyl sites for hydroxylation is 1. The zero-order valence-corrected chi connectivity index (χ0v) is 11.3. The molecule has 0 saturated carbocycles. The molecule has 0 saturated heterocycles. The molecule has 0 aliphatic rings. The number of rotatable bonds is 2. The summed E-state index contributed by atoms with van der Waals surface area (Å²) in [7, 11) is 1.50. The first-order valence-electron chi connectivity index (χ1n) is 5.85. The average Bonchev–Trinajstić information content (AvgIpc) is 2.83. The van der Waals surface area contributed by atoms with Crippen LogP contribution in [-0.2, 0) is 7.05 Å². The van der Waals surface area contributed by atoms with Crippen molar-refractivity contribution < 1.29 is 4.79 Å². The predicted octanol–water partition coefficient (Wildman–Crippen LogP) is 1.64. The van der Waals surface area contributed by atoms with E-state index in [0.717, 1.165) is 14.9 Å². The SMILES string of the molecule is Cn1nc(C(=O)Nc2nc3ccccc3s2)ccc1=O. The number of benzene rings is 1. The van der Waals surface area contributed by atoms with Crippen LogP contribution < -0.4 is 10.9 Å². The Hall–Kier alpha value is -2.54. The van der Waals surface area contributed by atoms with Crippen LogP contribution in [0.3, 0.4) is 0 Å².